The molecule has 0 aliphatic carbocycles. The smallest absolute Gasteiger partial charge is 0.271 e. The molecule has 0 saturated heterocycles. The molecule has 2 atom stereocenters. The van der Waals surface area contributed by atoms with E-state index in [1.807, 2.05) is 45.0 Å². The molecule has 1 N–H and O–H groups in total. The highest BCUT2D eigenvalue weighted by atomic mass is 32.2. The summed E-state index contributed by atoms with van der Waals surface area (Å²) in [4.78, 5) is 38.7. The third kappa shape index (κ3) is 7.77. The van der Waals surface area contributed by atoms with Crippen molar-refractivity contribution in [2.45, 2.75) is 59.2 Å². The third-order valence-corrected chi connectivity index (χ3v) is 7.01. The van der Waals surface area contributed by atoms with Crippen LogP contribution >= 0.6 is 0 Å². The van der Waals surface area contributed by atoms with Gasteiger partial charge in [-0.3, -0.25) is 24.0 Å². The van der Waals surface area contributed by atoms with E-state index in [0.29, 0.717) is 12.8 Å². The van der Waals surface area contributed by atoms with Crippen LogP contribution in [0.5, 0.6) is 0 Å². The number of hydrogen-bond acceptors (Lipinski definition) is 6. The molecule has 2 aromatic rings. The Morgan fingerprint density at radius 3 is 2.25 bits per heavy atom. The molecule has 2 amide bonds. The summed E-state index contributed by atoms with van der Waals surface area (Å²) in [5.74, 6) is -0.924. The molecule has 0 heterocycles. The van der Waals surface area contributed by atoms with Crippen LogP contribution in [0.1, 0.15) is 44.7 Å². The highest BCUT2D eigenvalue weighted by Gasteiger charge is 2.32. The average molecular weight is 519 g/mol. The first-order valence-corrected chi connectivity index (χ1v) is 13.6. The van der Waals surface area contributed by atoms with Crippen molar-refractivity contribution in [3.05, 3.63) is 69.8 Å². The van der Waals surface area contributed by atoms with Gasteiger partial charge in [0, 0.05) is 24.7 Å². The van der Waals surface area contributed by atoms with Crippen LogP contribution in [0.15, 0.2) is 48.5 Å². The molecule has 0 unspecified atom stereocenters. The molecule has 11 heteroatoms. The number of non-ortho nitro benzene ring substituents is 1. The van der Waals surface area contributed by atoms with Gasteiger partial charge in [0.2, 0.25) is 21.8 Å². The van der Waals surface area contributed by atoms with Gasteiger partial charge < -0.3 is 10.2 Å². The largest absolute Gasteiger partial charge is 0.352 e. The lowest BCUT2D eigenvalue weighted by atomic mass is 10.1. The van der Waals surface area contributed by atoms with Crippen molar-refractivity contribution in [3.63, 3.8) is 0 Å². The maximum atomic E-state index is 13.6. The number of aryl methyl sites for hydroxylation is 1. The number of nitrogens with one attached hydrogen (secondary N) is 1. The highest BCUT2D eigenvalue weighted by Crippen LogP contribution is 2.24. The maximum absolute atomic E-state index is 13.6. The SMILES string of the molecule is CC[C@@H](C)NC(=O)[C@@H](CC)N(Cc1ccc(C)cc1)C(=O)CN(c1cccc([N+](=O)[O-])c1)S(C)(=O)=O. The minimum atomic E-state index is -3.98. The minimum Gasteiger partial charge on any atom is -0.352 e. The van der Waals surface area contributed by atoms with E-state index < -0.39 is 33.4 Å². The number of sulfonamides is 1. The van der Waals surface area contributed by atoms with Gasteiger partial charge in [0.25, 0.3) is 5.69 Å². The summed E-state index contributed by atoms with van der Waals surface area (Å²) in [7, 11) is -3.98. The van der Waals surface area contributed by atoms with Crippen molar-refractivity contribution in [3.8, 4) is 0 Å². The molecule has 0 bridgehead atoms. The van der Waals surface area contributed by atoms with Gasteiger partial charge in [0.1, 0.15) is 12.6 Å². The summed E-state index contributed by atoms with van der Waals surface area (Å²) in [5, 5.41) is 14.1. The molecular formula is C25H34N4O6S. The number of carbonyl (C=O) groups excluding carboxylic acids is 2. The maximum Gasteiger partial charge on any atom is 0.271 e. The van der Waals surface area contributed by atoms with Crippen LogP contribution in [-0.2, 0) is 26.2 Å². The number of nitro groups is 1. The number of nitro benzene ring substituents is 1. The fourth-order valence-electron chi connectivity index (χ4n) is 3.63. The summed E-state index contributed by atoms with van der Waals surface area (Å²) in [6, 6.07) is 11.6. The molecule has 0 saturated carbocycles. The molecule has 196 valence electrons. The van der Waals surface area contributed by atoms with Crippen molar-refractivity contribution in [1.29, 1.82) is 0 Å². The molecular weight excluding hydrogens is 484 g/mol. The Bertz CT molecular complexity index is 1180. The summed E-state index contributed by atoms with van der Waals surface area (Å²) < 4.78 is 26.1. The molecule has 0 aliphatic rings. The Kier molecular flexibility index (Phi) is 9.97. The summed E-state index contributed by atoms with van der Waals surface area (Å²) >= 11 is 0. The Labute approximate surface area is 212 Å². The van der Waals surface area contributed by atoms with E-state index in [9.17, 15) is 28.1 Å². The van der Waals surface area contributed by atoms with Gasteiger partial charge in [-0.1, -0.05) is 49.7 Å². The predicted octanol–water partition coefficient (Wildman–Crippen LogP) is 3.39. The van der Waals surface area contributed by atoms with Crippen molar-refractivity contribution < 1.29 is 22.9 Å². The Morgan fingerprint density at radius 2 is 1.72 bits per heavy atom. The summed E-state index contributed by atoms with van der Waals surface area (Å²) in [6.45, 7) is 7.00. The fourth-order valence-corrected chi connectivity index (χ4v) is 4.47. The van der Waals surface area contributed by atoms with E-state index in [0.717, 1.165) is 27.8 Å². The van der Waals surface area contributed by atoms with Crippen LogP contribution < -0.4 is 9.62 Å². The minimum absolute atomic E-state index is 0.00700. The number of hydrogen-bond donors (Lipinski definition) is 1. The Balaban J connectivity index is 2.47. The van der Waals surface area contributed by atoms with Crippen molar-refractivity contribution in [1.82, 2.24) is 10.2 Å². The van der Waals surface area contributed by atoms with Crippen LogP contribution in [0.25, 0.3) is 0 Å². The average Bonchev–Trinajstić information content (AvgIpc) is 2.82. The standard InChI is InChI=1S/C25H34N4O6S/c1-6-19(4)26-25(31)23(7-2)27(16-20-13-11-18(3)12-14-20)24(30)17-28(36(5,34)35)21-9-8-10-22(15-21)29(32)33/h8-15,19,23H,6-7,16-17H2,1-5H3,(H,26,31)/t19-,23-/m1/s1. The zero-order chi connectivity index (χ0) is 27.0. The van der Waals surface area contributed by atoms with Gasteiger partial charge in [-0.05, 0) is 38.3 Å². The van der Waals surface area contributed by atoms with Crippen molar-refractivity contribution in [2.75, 3.05) is 17.1 Å². The van der Waals surface area contributed by atoms with Crippen LogP contribution in [-0.4, -0.2) is 54.9 Å². The van der Waals surface area contributed by atoms with Gasteiger partial charge >= 0.3 is 0 Å². The molecule has 0 aromatic heterocycles. The first-order valence-electron chi connectivity index (χ1n) is 11.7. The van der Waals surface area contributed by atoms with E-state index in [2.05, 4.69) is 5.32 Å². The van der Waals surface area contributed by atoms with E-state index in [1.54, 1.807) is 6.92 Å². The van der Waals surface area contributed by atoms with Crippen molar-refractivity contribution in [2.24, 2.45) is 0 Å². The van der Waals surface area contributed by atoms with E-state index in [4.69, 9.17) is 0 Å². The van der Waals surface area contributed by atoms with E-state index >= 15 is 0 Å². The molecule has 0 spiro atoms. The number of amides is 2. The number of rotatable bonds is 12. The van der Waals surface area contributed by atoms with Crippen LogP contribution in [0.2, 0.25) is 0 Å². The van der Waals surface area contributed by atoms with Crippen LogP contribution in [0.3, 0.4) is 0 Å². The fraction of sp³-hybridized carbons (Fsp3) is 0.440. The Morgan fingerprint density at radius 1 is 1.08 bits per heavy atom. The quantitative estimate of drug-likeness (QED) is 0.339. The Hall–Kier alpha value is -3.47. The lowest BCUT2D eigenvalue weighted by Crippen LogP contribution is -2.53. The topological polar surface area (TPSA) is 130 Å². The van der Waals surface area contributed by atoms with Gasteiger partial charge in [0.15, 0.2) is 0 Å². The first kappa shape index (κ1) is 28.8. The van der Waals surface area contributed by atoms with Gasteiger partial charge in [-0.25, -0.2) is 8.42 Å². The zero-order valence-corrected chi connectivity index (χ0v) is 22.1. The highest BCUT2D eigenvalue weighted by molar-refractivity contribution is 7.92. The van der Waals surface area contributed by atoms with Gasteiger partial charge in [-0.2, -0.15) is 0 Å². The van der Waals surface area contributed by atoms with Crippen LogP contribution in [0.4, 0.5) is 11.4 Å². The van der Waals surface area contributed by atoms with Gasteiger partial charge in [-0.15, -0.1) is 0 Å². The molecule has 0 aliphatic heterocycles. The molecule has 2 aromatic carbocycles. The second-order valence-corrected chi connectivity index (χ2v) is 10.7. The third-order valence-electron chi connectivity index (χ3n) is 5.87. The zero-order valence-electron chi connectivity index (χ0n) is 21.3. The number of nitrogens with zero attached hydrogens (tertiary/aromatic N) is 3. The van der Waals surface area contributed by atoms with Gasteiger partial charge in [0.05, 0.1) is 16.9 Å². The number of carbonyl (C=O) groups is 2. The van der Waals surface area contributed by atoms with E-state index in [1.165, 1.54) is 23.1 Å². The summed E-state index contributed by atoms with van der Waals surface area (Å²) in [5.41, 5.74) is 1.51. The number of anilines is 1. The van der Waals surface area contributed by atoms with E-state index in [-0.39, 0.29) is 29.9 Å². The molecule has 0 fully saturated rings. The molecule has 36 heavy (non-hydrogen) atoms. The lowest BCUT2D eigenvalue weighted by molar-refractivity contribution is -0.384. The van der Waals surface area contributed by atoms with Crippen molar-refractivity contribution >= 4 is 33.2 Å². The molecule has 2 rings (SSSR count). The normalized spacial score (nSPS) is 12.9. The van der Waals surface area contributed by atoms with Crippen LogP contribution in [0, 0.1) is 17.0 Å². The second-order valence-electron chi connectivity index (χ2n) is 8.80. The monoisotopic (exact) mass is 518 g/mol. The number of benzene rings is 2. The summed E-state index contributed by atoms with van der Waals surface area (Å²) in [6.07, 6.45) is 1.95. The first-order chi connectivity index (χ1) is 16.9. The lowest BCUT2D eigenvalue weighted by Gasteiger charge is -2.33. The second kappa shape index (κ2) is 12.5. The molecule has 0 radical (unpaired) electrons. The molecule has 10 nitrogen and oxygen atoms in total. The predicted molar refractivity (Wildman–Crippen MR) is 139 cm³/mol.